The lowest BCUT2D eigenvalue weighted by atomic mass is 9.99. The molecule has 0 amide bonds. The standard InChI is InChI=1S/C72H140O17P2/c1-9-65(8)51-43-35-27-18-13-14-19-28-36-44-52-69(74)82-58-67(88-71(76)54-46-38-30-20-12-10-11-16-24-32-40-48-62(2)3)60-86-90(78,79)84-56-66(73)57-85-91(80,81)87-61-68(59-83-70(75)53-45-37-29-23-22-26-34-42-50-64(6)7)89-72(77)55-47-39-31-21-15-17-25-33-41-49-63(4)5/h62-68,73H,9-61H2,1-8H3,(H,78,79)(H,80,81)/t65?,66?,67-,68-/m1/s1. The first-order valence-electron chi connectivity index (χ1n) is 37.2. The van der Waals surface area contributed by atoms with Crippen molar-refractivity contribution in [1.29, 1.82) is 0 Å². The van der Waals surface area contributed by atoms with Crippen LogP contribution in [-0.4, -0.2) is 96.7 Å². The van der Waals surface area contributed by atoms with E-state index in [4.69, 9.17) is 37.0 Å². The maximum absolute atomic E-state index is 13.0. The molecule has 0 aromatic carbocycles. The Balaban J connectivity index is 5.27. The van der Waals surface area contributed by atoms with Crippen molar-refractivity contribution >= 4 is 39.5 Å². The van der Waals surface area contributed by atoms with Gasteiger partial charge in [-0.3, -0.25) is 37.3 Å². The first kappa shape index (κ1) is 89.1. The zero-order chi connectivity index (χ0) is 67.5. The van der Waals surface area contributed by atoms with Gasteiger partial charge in [0, 0.05) is 25.7 Å². The summed E-state index contributed by atoms with van der Waals surface area (Å²) in [6.07, 6.45) is 44.3. The van der Waals surface area contributed by atoms with Gasteiger partial charge in [-0.2, -0.15) is 0 Å². The fraction of sp³-hybridized carbons (Fsp3) is 0.944. The minimum absolute atomic E-state index is 0.104. The van der Waals surface area contributed by atoms with Crippen molar-refractivity contribution < 1.29 is 80.2 Å². The molecule has 0 aliphatic heterocycles. The first-order chi connectivity index (χ1) is 43.6. The van der Waals surface area contributed by atoms with Crippen LogP contribution in [0, 0.1) is 23.7 Å². The number of ether oxygens (including phenoxy) is 4. The summed E-state index contributed by atoms with van der Waals surface area (Å²) in [6, 6.07) is 0. The summed E-state index contributed by atoms with van der Waals surface area (Å²) in [5, 5.41) is 10.6. The van der Waals surface area contributed by atoms with Crippen LogP contribution in [0.25, 0.3) is 0 Å². The highest BCUT2D eigenvalue weighted by atomic mass is 31.2. The predicted octanol–water partition coefficient (Wildman–Crippen LogP) is 20.5. The van der Waals surface area contributed by atoms with Crippen LogP contribution in [0.5, 0.6) is 0 Å². The summed E-state index contributed by atoms with van der Waals surface area (Å²) >= 11 is 0. The normalized spacial score (nSPS) is 14.5. The number of phosphoric acid groups is 2. The quantitative estimate of drug-likeness (QED) is 0.0222. The molecule has 0 bridgehead atoms. The van der Waals surface area contributed by atoms with Crippen molar-refractivity contribution in [1.82, 2.24) is 0 Å². The smallest absolute Gasteiger partial charge is 0.462 e. The molecule has 0 aliphatic rings. The fourth-order valence-electron chi connectivity index (χ4n) is 10.8. The number of phosphoric ester groups is 2. The summed E-state index contributed by atoms with van der Waals surface area (Å²) < 4.78 is 68.4. The lowest BCUT2D eigenvalue weighted by molar-refractivity contribution is -0.161. The summed E-state index contributed by atoms with van der Waals surface area (Å²) in [4.78, 5) is 72.7. The zero-order valence-electron chi connectivity index (χ0n) is 59.5. The molecule has 91 heavy (non-hydrogen) atoms. The third kappa shape index (κ3) is 65.1. The topological polar surface area (TPSA) is 237 Å². The van der Waals surface area contributed by atoms with E-state index in [0.717, 1.165) is 114 Å². The second-order valence-electron chi connectivity index (χ2n) is 27.6. The molecule has 0 spiro atoms. The van der Waals surface area contributed by atoms with Crippen molar-refractivity contribution in [2.45, 2.75) is 375 Å². The highest BCUT2D eigenvalue weighted by Gasteiger charge is 2.30. The van der Waals surface area contributed by atoms with E-state index < -0.39 is 97.5 Å². The Morgan fingerprint density at radius 1 is 0.308 bits per heavy atom. The third-order valence-electron chi connectivity index (χ3n) is 16.9. The number of carbonyl (C=O) groups excluding carboxylic acids is 4. The number of unbranched alkanes of at least 4 members (excludes halogenated alkanes) is 34. The van der Waals surface area contributed by atoms with Crippen LogP contribution in [0.15, 0.2) is 0 Å². The predicted molar refractivity (Wildman–Crippen MR) is 367 cm³/mol. The molecule has 0 saturated heterocycles. The molecule has 0 aromatic rings. The van der Waals surface area contributed by atoms with Crippen molar-refractivity contribution in [2.24, 2.45) is 23.7 Å². The molecular formula is C72H140O17P2. The van der Waals surface area contributed by atoms with Crippen molar-refractivity contribution in [3.63, 3.8) is 0 Å². The molecule has 4 unspecified atom stereocenters. The fourth-order valence-corrected chi connectivity index (χ4v) is 12.4. The van der Waals surface area contributed by atoms with Gasteiger partial charge in [0.15, 0.2) is 12.2 Å². The number of hydrogen-bond donors (Lipinski definition) is 3. The lowest BCUT2D eigenvalue weighted by Gasteiger charge is -2.21. The molecule has 0 rings (SSSR count). The van der Waals surface area contributed by atoms with Crippen LogP contribution in [0.3, 0.4) is 0 Å². The number of aliphatic hydroxyl groups excluding tert-OH is 1. The van der Waals surface area contributed by atoms with E-state index in [2.05, 4.69) is 55.4 Å². The Morgan fingerprint density at radius 3 is 0.780 bits per heavy atom. The number of carbonyl (C=O) groups is 4. The third-order valence-corrected chi connectivity index (χ3v) is 18.8. The van der Waals surface area contributed by atoms with Crippen LogP contribution < -0.4 is 0 Å². The molecule has 0 heterocycles. The van der Waals surface area contributed by atoms with E-state index in [1.807, 2.05) is 0 Å². The van der Waals surface area contributed by atoms with Crippen LogP contribution >= 0.6 is 15.6 Å². The number of esters is 4. The molecule has 0 saturated carbocycles. The van der Waals surface area contributed by atoms with Gasteiger partial charge in [-0.15, -0.1) is 0 Å². The van der Waals surface area contributed by atoms with Crippen LogP contribution in [-0.2, 0) is 65.4 Å². The second kappa shape index (κ2) is 61.6. The summed E-state index contributed by atoms with van der Waals surface area (Å²) in [5.41, 5.74) is 0. The van der Waals surface area contributed by atoms with Gasteiger partial charge in [0.2, 0.25) is 0 Å². The molecule has 0 aliphatic carbocycles. The Hall–Kier alpha value is -1.94. The van der Waals surface area contributed by atoms with Crippen LogP contribution in [0.2, 0.25) is 0 Å². The van der Waals surface area contributed by atoms with Gasteiger partial charge < -0.3 is 33.8 Å². The maximum atomic E-state index is 13.0. The molecule has 0 radical (unpaired) electrons. The van der Waals surface area contributed by atoms with E-state index in [9.17, 15) is 43.2 Å². The number of rotatable bonds is 69. The van der Waals surface area contributed by atoms with E-state index in [1.165, 1.54) is 161 Å². The molecule has 0 fully saturated rings. The number of hydrogen-bond acceptors (Lipinski definition) is 15. The zero-order valence-corrected chi connectivity index (χ0v) is 61.3. The molecule has 540 valence electrons. The first-order valence-corrected chi connectivity index (χ1v) is 40.2. The van der Waals surface area contributed by atoms with Gasteiger partial charge >= 0.3 is 39.5 Å². The monoisotopic (exact) mass is 1340 g/mol. The average molecular weight is 1340 g/mol. The van der Waals surface area contributed by atoms with Gasteiger partial charge in [0.1, 0.15) is 19.3 Å². The minimum Gasteiger partial charge on any atom is -0.462 e. The van der Waals surface area contributed by atoms with Crippen LogP contribution in [0.4, 0.5) is 0 Å². The highest BCUT2D eigenvalue weighted by molar-refractivity contribution is 7.47. The summed E-state index contributed by atoms with van der Waals surface area (Å²) in [6.45, 7) is 14.1. The highest BCUT2D eigenvalue weighted by Crippen LogP contribution is 2.45. The molecular weight excluding hydrogens is 1200 g/mol. The van der Waals surface area contributed by atoms with Gasteiger partial charge in [-0.1, -0.05) is 306 Å². The molecule has 3 N–H and O–H groups in total. The molecule has 19 heteroatoms. The van der Waals surface area contributed by atoms with Gasteiger partial charge in [0.05, 0.1) is 26.4 Å². The van der Waals surface area contributed by atoms with Crippen molar-refractivity contribution in [3.05, 3.63) is 0 Å². The van der Waals surface area contributed by atoms with E-state index in [0.29, 0.717) is 25.7 Å². The Morgan fingerprint density at radius 2 is 0.527 bits per heavy atom. The van der Waals surface area contributed by atoms with E-state index in [1.54, 1.807) is 0 Å². The van der Waals surface area contributed by atoms with Gasteiger partial charge in [-0.05, 0) is 49.4 Å². The molecule has 6 atom stereocenters. The minimum atomic E-state index is -4.95. The van der Waals surface area contributed by atoms with Crippen molar-refractivity contribution in [2.75, 3.05) is 39.6 Å². The van der Waals surface area contributed by atoms with E-state index in [-0.39, 0.29) is 25.7 Å². The Labute approximate surface area is 556 Å². The Kier molecular flexibility index (Phi) is 60.3. The number of aliphatic hydroxyl groups is 1. The van der Waals surface area contributed by atoms with Crippen molar-refractivity contribution in [3.8, 4) is 0 Å². The second-order valence-corrected chi connectivity index (χ2v) is 30.6. The molecule has 0 aromatic heterocycles. The average Bonchev–Trinajstić information content (AvgIpc) is 3.71. The lowest BCUT2D eigenvalue weighted by Crippen LogP contribution is -2.30. The van der Waals surface area contributed by atoms with Crippen LogP contribution in [0.1, 0.15) is 357 Å². The molecule has 17 nitrogen and oxygen atoms in total. The SMILES string of the molecule is CCC(C)CCCCCCCCCCCCC(=O)OC[C@H](COP(=O)(O)OCC(O)COP(=O)(O)OC[C@@H](COC(=O)CCCCCCCCCCC(C)C)OC(=O)CCCCCCCCCCCC(C)C)OC(=O)CCCCCCCCCCCCCC(C)C. The maximum Gasteiger partial charge on any atom is 0.472 e. The summed E-state index contributed by atoms with van der Waals surface area (Å²) in [7, 11) is -9.91. The Bertz CT molecular complexity index is 1800. The largest absolute Gasteiger partial charge is 0.472 e. The van der Waals surface area contributed by atoms with Gasteiger partial charge in [-0.25, -0.2) is 9.13 Å². The van der Waals surface area contributed by atoms with Gasteiger partial charge in [0.25, 0.3) is 0 Å². The van der Waals surface area contributed by atoms with E-state index >= 15 is 0 Å². The summed E-state index contributed by atoms with van der Waals surface area (Å²) in [5.74, 6) is 0.911.